The van der Waals surface area contributed by atoms with E-state index in [9.17, 15) is 13.2 Å². The standard InChI is InChI=1S/C21H18ClN3O3S3/c22-17-9-10-18(30-17)31(27,28)25-11-3-5-14(12-25)20(26)24-21-23-19-15-6-2-1-4-13(15)7-8-16(19)29-21/h1-2,4,6-10,14H,3,5,11-12H2,(H,23,24,26). The number of hydrogen-bond acceptors (Lipinski definition) is 6. The van der Waals surface area contributed by atoms with Crippen LogP contribution in [0.3, 0.4) is 0 Å². The minimum atomic E-state index is -3.65. The first-order chi connectivity index (χ1) is 14.9. The zero-order chi connectivity index (χ0) is 21.6. The fourth-order valence-electron chi connectivity index (χ4n) is 3.86. The zero-order valence-corrected chi connectivity index (χ0v) is 19.5. The molecule has 31 heavy (non-hydrogen) atoms. The Morgan fingerprint density at radius 3 is 2.77 bits per heavy atom. The summed E-state index contributed by atoms with van der Waals surface area (Å²) in [6, 6.07) is 15.1. The van der Waals surface area contributed by atoms with Crippen LogP contribution in [0.25, 0.3) is 21.0 Å². The van der Waals surface area contributed by atoms with Crippen molar-refractivity contribution >= 4 is 76.3 Å². The van der Waals surface area contributed by atoms with Crippen molar-refractivity contribution in [3.8, 4) is 0 Å². The molecule has 2 aromatic heterocycles. The largest absolute Gasteiger partial charge is 0.302 e. The number of anilines is 1. The molecule has 0 radical (unpaired) electrons. The van der Waals surface area contributed by atoms with E-state index in [4.69, 9.17) is 11.6 Å². The maximum Gasteiger partial charge on any atom is 0.252 e. The van der Waals surface area contributed by atoms with E-state index in [0.717, 1.165) is 32.3 Å². The highest BCUT2D eigenvalue weighted by atomic mass is 35.5. The molecule has 0 aliphatic carbocycles. The Bertz CT molecular complexity index is 1400. The van der Waals surface area contributed by atoms with Gasteiger partial charge in [-0.05, 0) is 36.4 Å². The smallest absolute Gasteiger partial charge is 0.252 e. The monoisotopic (exact) mass is 491 g/mol. The number of benzene rings is 2. The van der Waals surface area contributed by atoms with Gasteiger partial charge >= 0.3 is 0 Å². The van der Waals surface area contributed by atoms with E-state index in [-0.39, 0.29) is 16.7 Å². The molecule has 1 atom stereocenters. The van der Waals surface area contributed by atoms with Crippen LogP contribution in [-0.4, -0.2) is 36.7 Å². The van der Waals surface area contributed by atoms with Gasteiger partial charge in [-0.25, -0.2) is 13.4 Å². The number of halogens is 1. The van der Waals surface area contributed by atoms with Crippen molar-refractivity contribution in [1.82, 2.24) is 9.29 Å². The Labute approximate surface area is 192 Å². The van der Waals surface area contributed by atoms with Gasteiger partial charge in [-0.1, -0.05) is 53.3 Å². The fourth-order valence-corrected chi connectivity index (χ4v) is 7.91. The summed E-state index contributed by atoms with van der Waals surface area (Å²) >= 11 is 8.36. The molecule has 1 fully saturated rings. The highest BCUT2D eigenvalue weighted by molar-refractivity contribution is 7.91. The van der Waals surface area contributed by atoms with Crippen molar-refractivity contribution in [2.75, 3.05) is 18.4 Å². The second-order valence-corrected chi connectivity index (χ2v) is 12.3. The lowest BCUT2D eigenvalue weighted by molar-refractivity contribution is -0.120. The first-order valence-corrected chi connectivity index (χ1v) is 13.2. The van der Waals surface area contributed by atoms with Crippen LogP contribution in [0.1, 0.15) is 12.8 Å². The summed E-state index contributed by atoms with van der Waals surface area (Å²) in [7, 11) is -3.65. The van der Waals surface area contributed by atoms with Crippen LogP contribution in [0.4, 0.5) is 5.13 Å². The number of piperidine rings is 1. The molecule has 1 aliphatic rings. The van der Waals surface area contributed by atoms with E-state index >= 15 is 0 Å². The zero-order valence-electron chi connectivity index (χ0n) is 16.2. The number of sulfonamides is 1. The summed E-state index contributed by atoms with van der Waals surface area (Å²) in [6.07, 6.45) is 1.26. The molecule has 1 N–H and O–H groups in total. The van der Waals surface area contributed by atoms with Gasteiger partial charge in [0.25, 0.3) is 10.0 Å². The third-order valence-electron chi connectivity index (χ3n) is 5.41. The number of thiophene rings is 1. The molecule has 2 aromatic carbocycles. The number of carbonyl (C=O) groups excluding carboxylic acids is 1. The van der Waals surface area contributed by atoms with Crippen LogP contribution in [0.5, 0.6) is 0 Å². The predicted molar refractivity (Wildman–Crippen MR) is 127 cm³/mol. The molecule has 1 unspecified atom stereocenters. The van der Waals surface area contributed by atoms with Crippen LogP contribution in [0.15, 0.2) is 52.7 Å². The highest BCUT2D eigenvalue weighted by Gasteiger charge is 2.34. The average molecular weight is 492 g/mol. The summed E-state index contributed by atoms with van der Waals surface area (Å²) < 4.78 is 28.8. The highest BCUT2D eigenvalue weighted by Crippen LogP contribution is 2.33. The molecule has 160 valence electrons. The molecule has 0 bridgehead atoms. The van der Waals surface area contributed by atoms with E-state index in [2.05, 4.69) is 10.3 Å². The molecule has 0 spiro atoms. The maximum atomic E-state index is 12.9. The van der Waals surface area contributed by atoms with Gasteiger partial charge < -0.3 is 5.32 Å². The number of rotatable bonds is 4. The van der Waals surface area contributed by atoms with Crippen LogP contribution in [0, 0.1) is 5.92 Å². The van der Waals surface area contributed by atoms with Crippen LogP contribution in [-0.2, 0) is 14.8 Å². The lowest BCUT2D eigenvalue weighted by Gasteiger charge is -2.30. The van der Waals surface area contributed by atoms with Gasteiger partial charge in [0.05, 0.1) is 20.5 Å². The number of fused-ring (bicyclic) bond motifs is 3. The first kappa shape index (κ1) is 20.8. The van der Waals surface area contributed by atoms with Crippen LogP contribution >= 0.6 is 34.3 Å². The molecule has 10 heteroatoms. The van der Waals surface area contributed by atoms with Gasteiger partial charge in [0, 0.05) is 18.5 Å². The molecule has 3 heterocycles. The van der Waals surface area contributed by atoms with Gasteiger partial charge in [0.1, 0.15) is 4.21 Å². The molecule has 1 aliphatic heterocycles. The summed E-state index contributed by atoms with van der Waals surface area (Å²) in [5.41, 5.74) is 0.862. The number of nitrogens with one attached hydrogen (secondary N) is 1. The second kappa shape index (κ2) is 8.14. The lowest BCUT2D eigenvalue weighted by Crippen LogP contribution is -2.43. The summed E-state index contributed by atoms with van der Waals surface area (Å²) in [5, 5.41) is 5.58. The number of aromatic nitrogens is 1. The van der Waals surface area contributed by atoms with Crippen LogP contribution in [0.2, 0.25) is 4.34 Å². The number of nitrogens with zero attached hydrogens (tertiary/aromatic N) is 2. The topological polar surface area (TPSA) is 79.4 Å². The molecule has 1 amide bonds. The third kappa shape index (κ3) is 3.96. The van der Waals surface area contributed by atoms with Gasteiger partial charge in [-0.3, -0.25) is 4.79 Å². The molecular weight excluding hydrogens is 474 g/mol. The SMILES string of the molecule is O=C(Nc1nc2c(ccc3ccccc32)s1)C1CCCN(S(=O)(=O)c2ccc(Cl)s2)C1. The molecule has 4 aromatic rings. The molecular formula is C21H18ClN3O3S3. The third-order valence-corrected chi connectivity index (χ3v) is 9.91. The van der Waals surface area contributed by atoms with Gasteiger partial charge in [-0.15, -0.1) is 11.3 Å². The van der Waals surface area contributed by atoms with E-state index in [1.807, 2.05) is 36.4 Å². The van der Waals surface area contributed by atoms with Gasteiger partial charge in [0.2, 0.25) is 5.91 Å². The molecule has 5 rings (SSSR count). The van der Waals surface area contributed by atoms with Crippen molar-refractivity contribution in [2.45, 2.75) is 17.1 Å². The Morgan fingerprint density at radius 1 is 1.13 bits per heavy atom. The van der Waals surface area contributed by atoms with Crippen molar-refractivity contribution < 1.29 is 13.2 Å². The Morgan fingerprint density at radius 2 is 1.97 bits per heavy atom. The number of amides is 1. The van der Waals surface area contributed by atoms with Crippen molar-refractivity contribution in [3.05, 3.63) is 52.9 Å². The summed E-state index contributed by atoms with van der Waals surface area (Å²) in [6.45, 7) is 0.548. The van der Waals surface area contributed by atoms with Crippen molar-refractivity contribution in [1.29, 1.82) is 0 Å². The number of hydrogen-bond donors (Lipinski definition) is 1. The summed E-state index contributed by atoms with van der Waals surface area (Å²) in [5.74, 6) is -0.629. The van der Waals surface area contributed by atoms with Gasteiger partial charge in [-0.2, -0.15) is 4.31 Å². The van der Waals surface area contributed by atoms with Crippen LogP contribution < -0.4 is 5.32 Å². The molecule has 6 nitrogen and oxygen atoms in total. The van der Waals surface area contributed by atoms with Crippen molar-refractivity contribution in [2.24, 2.45) is 5.92 Å². The maximum absolute atomic E-state index is 12.9. The van der Waals surface area contributed by atoms with E-state index < -0.39 is 15.9 Å². The number of thiazole rings is 1. The Balaban J connectivity index is 1.35. The van der Waals surface area contributed by atoms with E-state index in [1.165, 1.54) is 21.7 Å². The van der Waals surface area contributed by atoms with Gasteiger partial charge in [0.15, 0.2) is 5.13 Å². The van der Waals surface area contributed by atoms with E-state index in [0.29, 0.717) is 28.9 Å². The minimum Gasteiger partial charge on any atom is -0.302 e. The lowest BCUT2D eigenvalue weighted by atomic mass is 9.99. The van der Waals surface area contributed by atoms with Crippen molar-refractivity contribution in [3.63, 3.8) is 0 Å². The normalized spacial score (nSPS) is 17.9. The molecule has 1 saturated heterocycles. The van der Waals surface area contributed by atoms with E-state index in [1.54, 1.807) is 6.07 Å². The Hall–Kier alpha value is -2.04. The average Bonchev–Trinajstić information content (AvgIpc) is 3.40. The Kier molecular flexibility index (Phi) is 5.47. The fraction of sp³-hybridized carbons (Fsp3) is 0.238. The second-order valence-electron chi connectivity index (χ2n) is 7.40. The molecule has 0 saturated carbocycles. The predicted octanol–water partition coefficient (Wildman–Crippen LogP) is 5.20. The summed E-state index contributed by atoms with van der Waals surface area (Å²) in [4.78, 5) is 17.6. The first-order valence-electron chi connectivity index (χ1n) is 9.76. The minimum absolute atomic E-state index is 0.150. The number of carbonyl (C=O) groups is 1. The quantitative estimate of drug-likeness (QED) is 0.425.